The first-order chi connectivity index (χ1) is 10.1. The number of aromatic nitrogens is 2. The van der Waals surface area contributed by atoms with Crippen molar-refractivity contribution in [3.05, 3.63) is 46.0 Å². The SMILES string of the molecule is CCOC(CC)c1nc(Cl)c(-c2cccc(C)c2)c(Cl)n1. The highest BCUT2D eigenvalue weighted by Crippen LogP contribution is 2.34. The van der Waals surface area contributed by atoms with Crippen LogP contribution in [-0.4, -0.2) is 16.6 Å². The van der Waals surface area contributed by atoms with E-state index in [0.717, 1.165) is 17.5 Å². The van der Waals surface area contributed by atoms with Gasteiger partial charge in [-0.2, -0.15) is 0 Å². The third kappa shape index (κ3) is 3.73. The molecule has 0 aliphatic heterocycles. The first-order valence-electron chi connectivity index (χ1n) is 6.98. The summed E-state index contributed by atoms with van der Waals surface area (Å²) in [5, 5.41) is 0.711. The normalized spacial score (nSPS) is 12.4. The maximum atomic E-state index is 6.33. The summed E-state index contributed by atoms with van der Waals surface area (Å²) in [6.45, 7) is 6.56. The number of hydrogen-bond donors (Lipinski definition) is 0. The molecule has 0 saturated heterocycles. The lowest BCUT2D eigenvalue weighted by Gasteiger charge is -2.15. The number of nitrogens with zero attached hydrogens (tertiary/aromatic N) is 2. The molecule has 0 saturated carbocycles. The first-order valence-corrected chi connectivity index (χ1v) is 7.74. The predicted molar refractivity (Wildman–Crippen MR) is 86.9 cm³/mol. The van der Waals surface area contributed by atoms with E-state index in [0.29, 0.717) is 28.3 Å². The largest absolute Gasteiger partial charge is 0.371 e. The standard InChI is InChI=1S/C16H18Cl2N2O/c1-4-12(21-5-2)16-19-14(17)13(15(18)20-16)11-8-6-7-10(3)9-11/h6-9,12H,4-5H2,1-3H3. The Morgan fingerprint density at radius 2 is 1.81 bits per heavy atom. The molecule has 21 heavy (non-hydrogen) atoms. The van der Waals surface area contributed by atoms with Crippen molar-refractivity contribution in [2.24, 2.45) is 0 Å². The third-order valence-electron chi connectivity index (χ3n) is 3.17. The fourth-order valence-corrected chi connectivity index (χ4v) is 2.80. The van der Waals surface area contributed by atoms with Gasteiger partial charge in [0.25, 0.3) is 0 Å². The van der Waals surface area contributed by atoms with Gasteiger partial charge in [-0.05, 0) is 25.8 Å². The van der Waals surface area contributed by atoms with E-state index < -0.39 is 0 Å². The van der Waals surface area contributed by atoms with E-state index in [1.54, 1.807) is 0 Å². The van der Waals surface area contributed by atoms with Crippen LogP contribution < -0.4 is 0 Å². The van der Waals surface area contributed by atoms with Gasteiger partial charge in [-0.3, -0.25) is 0 Å². The monoisotopic (exact) mass is 324 g/mol. The molecule has 1 unspecified atom stereocenters. The molecule has 1 aromatic heterocycles. The molecular weight excluding hydrogens is 307 g/mol. The molecule has 0 bridgehead atoms. The van der Waals surface area contributed by atoms with E-state index in [4.69, 9.17) is 27.9 Å². The molecule has 2 aromatic rings. The lowest BCUT2D eigenvalue weighted by molar-refractivity contribution is 0.0535. The summed E-state index contributed by atoms with van der Waals surface area (Å²) in [6, 6.07) is 7.93. The van der Waals surface area contributed by atoms with Gasteiger partial charge >= 0.3 is 0 Å². The molecule has 3 nitrogen and oxygen atoms in total. The van der Waals surface area contributed by atoms with E-state index in [9.17, 15) is 0 Å². The molecule has 0 aliphatic rings. The van der Waals surface area contributed by atoms with Gasteiger partial charge in [0.2, 0.25) is 0 Å². The maximum absolute atomic E-state index is 6.33. The van der Waals surface area contributed by atoms with E-state index in [-0.39, 0.29) is 6.10 Å². The van der Waals surface area contributed by atoms with Gasteiger partial charge in [-0.1, -0.05) is 60.0 Å². The zero-order valence-corrected chi connectivity index (χ0v) is 13.9. The maximum Gasteiger partial charge on any atom is 0.160 e. The van der Waals surface area contributed by atoms with Crippen molar-refractivity contribution in [3.8, 4) is 11.1 Å². The van der Waals surface area contributed by atoms with Crippen LogP contribution in [0.3, 0.4) is 0 Å². The summed E-state index contributed by atoms with van der Waals surface area (Å²) >= 11 is 12.7. The number of ether oxygens (including phenoxy) is 1. The van der Waals surface area contributed by atoms with Crippen LogP contribution in [0.5, 0.6) is 0 Å². The smallest absolute Gasteiger partial charge is 0.160 e. The average molecular weight is 325 g/mol. The first kappa shape index (κ1) is 16.2. The Labute approximate surface area is 135 Å². The van der Waals surface area contributed by atoms with Crippen molar-refractivity contribution in [2.45, 2.75) is 33.3 Å². The van der Waals surface area contributed by atoms with Gasteiger partial charge in [0.1, 0.15) is 16.4 Å². The van der Waals surface area contributed by atoms with E-state index in [1.165, 1.54) is 0 Å². The molecule has 0 spiro atoms. The summed E-state index contributed by atoms with van der Waals surface area (Å²) in [6.07, 6.45) is 0.584. The van der Waals surface area contributed by atoms with Gasteiger partial charge in [-0.25, -0.2) is 9.97 Å². The highest BCUT2D eigenvalue weighted by molar-refractivity contribution is 6.37. The average Bonchev–Trinajstić information content (AvgIpc) is 2.44. The molecule has 2 rings (SSSR count). The Morgan fingerprint density at radius 1 is 1.14 bits per heavy atom. The predicted octanol–water partition coefficient (Wildman–Crippen LogP) is 5.25. The Balaban J connectivity index is 2.47. The van der Waals surface area contributed by atoms with Crippen molar-refractivity contribution >= 4 is 23.2 Å². The van der Waals surface area contributed by atoms with Crippen molar-refractivity contribution in [1.82, 2.24) is 9.97 Å². The highest BCUT2D eigenvalue weighted by Gasteiger charge is 2.19. The zero-order valence-electron chi connectivity index (χ0n) is 12.4. The van der Waals surface area contributed by atoms with Crippen molar-refractivity contribution < 1.29 is 4.74 Å². The lowest BCUT2D eigenvalue weighted by atomic mass is 10.1. The van der Waals surface area contributed by atoms with E-state index in [2.05, 4.69) is 9.97 Å². The third-order valence-corrected chi connectivity index (χ3v) is 3.72. The van der Waals surface area contributed by atoms with Gasteiger partial charge in [0, 0.05) is 6.61 Å². The van der Waals surface area contributed by atoms with Crippen molar-refractivity contribution in [3.63, 3.8) is 0 Å². The Hall–Kier alpha value is -1.16. The van der Waals surface area contributed by atoms with Crippen LogP contribution in [0.25, 0.3) is 11.1 Å². The molecule has 0 amide bonds. The molecule has 0 fully saturated rings. The Kier molecular flexibility index (Phi) is 5.57. The van der Waals surface area contributed by atoms with Crippen LogP contribution in [0.4, 0.5) is 0 Å². The summed E-state index contributed by atoms with van der Waals surface area (Å²) in [7, 11) is 0. The van der Waals surface area contributed by atoms with Gasteiger partial charge < -0.3 is 4.74 Å². The molecule has 0 aliphatic carbocycles. The number of rotatable bonds is 5. The molecule has 0 N–H and O–H groups in total. The molecule has 1 atom stereocenters. The topological polar surface area (TPSA) is 35.0 Å². The second kappa shape index (κ2) is 7.21. The van der Waals surface area contributed by atoms with Crippen LogP contribution in [0, 0.1) is 6.92 Å². The molecule has 5 heteroatoms. The van der Waals surface area contributed by atoms with Gasteiger partial charge in [0.15, 0.2) is 5.82 Å². The van der Waals surface area contributed by atoms with Crippen molar-refractivity contribution in [2.75, 3.05) is 6.61 Å². The number of hydrogen-bond acceptors (Lipinski definition) is 3. The van der Waals surface area contributed by atoms with Crippen molar-refractivity contribution in [1.29, 1.82) is 0 Å². The fourth-order valence-electron chi connectivity index (χ4n) is 2.18. The van der Waals surface area contributed by atoms with Gasteiger partial charge in [0.05, 0.1) is 5.56 Å². The van der Waals surface area contributed by atoms with E-state index in [1.807, 2.05) is 45.0 Å². The summed E-state index contributed by atoms with van der Waals surface area (Å²) in [5.74, 6) is 0.533. The zero-order chi connectivity index (χ0) is 15.4. The Morgan fingerprint density at radius 3 is 2.33 bits per heavy atom. The van der Waals surface area contributed by atoms with Crippen LogP contribution in [0.2, 0.25) is 10.3 Å². The Bertz CT molecular complexity index is 608. The summed E-state index contributed by atoms with van der Waals surface area (Å²) in [4.78, 5) is 8.75. The second-order valence-corrected chi connectivity index (χ2v) is 5.48. The summed E-state index contributed by atoms with van der Waals surface area (Å²) in [5.41, 5.74) is 2.71. The second-order valence-electron chi connectivity index (χ2n) is 4.76. The molecular formula is C16H18Cl2N2O. The lowest BCUT2D eigenvalue weighted by Crippen LogP contribution is -2.09. The summed E-state index contributed by atoms with van der Waals surface area (Å²) < 4.78 is 5.61. The number of halogens is 2. The highest BCUT2D eigenvalue weighted by atomic mass is 35.5. The van der Waals surface area contributed by atoms with Crippen LogP contribution in [0.15, 0.2) is 24.3 Å². The van der Waals surface area contributed by atoms with Crippen LogP contribution in [-0.2, 0) is 4.74 Å². The molecule has 0 radical (unpaired) electrons. The minimum Gasteiger partial charge on any atom is -0.371 e. The minimum atomic E-state index is -0.184. The minimum absolute atomic E-state index is 0.184. The molecule has 112 valence electrons. The van der Waals surface area contributed by atoms with E-state index >= 15 is 0 Å². The van der Waals surface area contributed by atoms with Crippen LogP contribution in [0.1, 0.15) is 37.8 Å². The fraction of sp³-hybridized carbons (Fsp3) is 0.375. The number of benzene rings is 1. The molecule has 1 heterocycles. The van der Waals surface area contributed by atoms with Gasteiger partial charge in [-0.15, -0.1) is 0 Å². The van der Waals surface area contributed by atoms with Crippen LogP contribution >= 0.6 is 23.2 Å². The molecule has 1 aromatic carbocycles. The quantitative estimate of drug-likeness (QED) is 0.705. The number of aryl methyl sites for hydroxylation is 1.